The van der Waals surface area contributed by atoms with Crippen LogP contribution >= 0.6 is 11.3 Å². The number of aromatic nitrogens is 1. The van der Waals surface area contributed by atoms with Crippen molar-refractivity contribution in [3.8, 4) is 5.75 Å². The van der Waals surface area contributed by atoms with Crippen LogP contribution in [0, 0.1) is 6.92 Å². The summed E-state index contributed by atoms with van der Waals surface area (Å²) in [4.78, 5) is 16.6. The lowest BCUT2D eigenvalue weighted by atomic mass is 10.3. The zero-order chi connectivity index (χ0) is 18.3. The van der Waals surface area contributed by atoms with Crippen LogP contribution in [-0.4, -0.2) is 43.4 Å². The van der Waals surface area contributed by atoms with Gasteiger partial charge in [0, 0.05) is 5.38 Å². The van der Waals surface area contributed by atoms with Gasteiger partial charge in [0.05, 0.1) is 12.3 Å². The number of thiazole rings is 1. The Kier molecular flexibility index (Phi) is 6.77. The van der Waals surface area contributed by atoms with E-state index in [1.807, 2.05) is 18.2 Å². The largest absolute Gasteiger partial charge is 0.491 e. The van der Waals surface area contributed by atoms with Gasteiger partial charge in [-0.3, -0.25) is 9.69 Å². The molecule has 1 heterocycles. The van der Waals surface area contributed by atoms with Crippen molar-refractivity contribution in [2.45, 2.75) is 13.1 Å². The quantitative estimate of drug-likeness (QED) is 0.664. The molecule has 1 aromatic heterocycles. The molecule has 9 heteroatoms. The van der Waals surface area contributed by atoms with Crippen molar-refractivity contribution >= 4 is 22.4 Å². The molecule has 0 aliphatic heterocycles. The zero-order valence-corrected chi connectivity index (χ0v) is 14.3. The van der Waals surface area contributed by atoms with E-state index in [1.54, 1.807) is 24.4 Å². The molecule has 2 rings (SSSR count). The van der Waals surface area contributed by atoms with Gasteiger partial charge in [-0.1, -0.05) is 18.2 Å². The summed E-state index contributed by atoms with van der Waals surface area (Å²) in [5.74, 6) is -0.152. The van der Waals surface area contributed by atoms with Crippen molar-refractivity contribution in [2.24, 2.45) is 0 Å². The summed E-state index contributed by atoms with van der Waals surface area (Å²) in [6, 6.07) is 9.00. The highest BCUT2D eigenvalue weighted by atomic mass is 32.1. The minimum Gasteiger partial charge on any atom is -0.491 e. The second-order valence-corrected chi connectivity index (χ2v) is 5.92. The smallest absolute Gasteiger partial charge is 0.406 e. The maximum Gasteiger partial charge on any atom is 0.406 e. The van der Waals surface area contributed by atoms with Crippen molar-refractivity contribution in [1.29, 1.82) is 0 Å². The van der Waals surface area contributed by atoms with E-state index in [1.165, 1.54) is 0 Å². The Morgan fingerprint density at radius 2 is 1.96 bits per heavy atom. The van der Waals surface area contributed by atoms with Crippen LogP contribution < -0.4 is 9.64 Å². The first kappa shape index (κ1) is 19.2. The molecule has 5 nitrogen and oxygen atoms in total. The molecular weight excluding hydrogens is 357 g/mol. The molecular formula is C16H17F3N2O3S. The topological polar surface area (TPSA) is 51.7 Å². The first-order chi connectivity index (χ1) is 11.8. The highest BCUT2D eigenvalue weighted by molar-refractivity contribution is 7.14. The SMILES string of the molecule is Cc1csc(N(CC(F)(F)F)C(=O)COCCOc2ccccc2)n1. The average molecular weight is 374 g/mol. The van der Waals surface area contributed by atoms with Crippen molar-refractivity contribution in [1.82, 2.24) is 4.98 Å². The molecule has 1 amide bonds. The maximum atomic E-state index is 12.7. The number of amides is 1. The summed E-state index contributed by atoms with van der Waals surface area (Å²) < 4.78 is 48.6. The fourth-order valence-corrected chi connectivity index (χ4v) is 2.70. The molecule has 1 aromatic carbocycles. The summed E-state index contributed by atoms with van der Waals surface area (Å²) in [6.07, 6.45) is -4.52. The predicted molar refractivity (Wildman–Crippen MR) is 88.0 cm³/mol. The third-order valence-electron chi connectivity index (χ3n) is 2.94. The van der Waals surface area contributed by atoms with E-state index in [2.05, 4.69) is 4.98 Å². The van der Waals surface area contributed by atoms with Crippen molar-refractivity contribution in [2.75, 3.05) is 31.3 Å². The van der Waals surface area contributed by atoms with Crippen LogP contribution in [-0.2, 0) is 9.53 Å². The lowest BCUT2D eigenvalue weighted by Crippen LogP contribution is -2.41. The Morgan fingerprint density at radius 3 is 2.56 bits per heavy atom. The van der Waals surface area contributed by atoms with Gasteiger partial charge >= 0.3 is 6.18 Å². The number of para-hydroxylation sites is 1. The molecule has 0 radical (unpaired) electrons. The van der Waals surface area contributed by atoms with Crippen LogP contribution in [0.5, 0.6) is 5.75 Å². The number of halogens is 3. The van der Waals surface area contributed by atoms with Crippen LogP contribution in [0.15, 0.2) is 35.7 Å². The van der Waals surface area contributed by atoms with E-state index in [0.29, 0.717) is 16.3 Å². The van der Waals surface area contributed by atoms with E-state index in [9.17, 15) is 18.0 Å². The standard InChI is InChI=1S/C16H17F3N2O3S/c1-12-10-25-15(20-12)21(11-16(17,18)19)14(22)9-23-7-8-24-13-5-3-2-4-6-13/h2-6,10H,7-9,11H2,1H3. The average Bonchev–Trinajstić information content (AvgIpc) is 2.98. The molecule has 0 saturated carbocycles. The number of nitrogens with zero attached hydrogens (tertiary/aromatic N) is 2. The number of alkyl halides is 3. The number of benzene rings is 1. The lowest BCUT2D eigenvalue weighted by Gasteiger charge is -2.21. The number of hydrogen-bond donors (Lipinski definition) is 0. The fraction of sp³-hybridized carbons (Fsp3) is 0.375. The Bertz CT molecular complexity index is 677. The Morgan fingerprint density at radius 1 is 1.24 bits per heavy atom. The normalized spacial score (nSPS) is 11.4. The Balaban J connectivity index is 1.82. The van der Waals surface area contributed by atoms with Crippen LogP contribution in [0.25, 0.3) is 0 Å². The molecule has 0 N–H and O–H groups in total. The van der Waals surface area contributed by atoms with Gasteiger partial charge in [-0.25, -0.2) is 4.98 Å². The summed E-state index contributed by atoms with van der Waals surface area (Å²) in [5.41, 5.74) is 0.553. The van der Waals surface area contributed by atoms with E-state index in [-0.39, 0.29) is 18.3 Å². The second kappa shape index (κ2) is 8.82. The maximum absolute atomic E-state index is 12.7. The molecule has 0 spiro atoms. The molecule has 0 aliphatic rings. The molecule has 0 saturated heterocycles. The summed E-state index contributed by atoms with van der Waals surface area (Å²) in [6.45, 7) is 0.0352. The highest BCUT2D eigenvalue weighted by Gasteiger charge is 2.35. The monoisotopic (exact) mass is 374 g/mol. The third kappa shape index (κ3) is 6.71. The van der Waals surface area contributed by atoms with E-state index in [4.69, 9.17) is 9.47 Å². The molecule has 0 atom stereocenters. The molecule has 2 aromatic rings. The molecule has 136 valence electrons. The lowest BCUT2D eigenvalue weighted by molar-refractivity contribution is -0.135. The van der Waals surface area contributed by atoms with Gasteiger partial charge in [0.15, 0.2) is 5.13 Å². The number of anilines is 1. The predicted octanol–water partition coefficient (Wildman–Crippen LogP) is 3.44. The Hall–Kier alpha value is -2.13. The number of hydrogen-bond acceptors (Lipinski definition) is 5. The first-order valence-electron chi connectivity index (χ1n) is 7.40. The van der Waals surface area contributed by atoms with Crippen molar-refractivity contribution in [3.05, 3.63) is 41.4 Å². The van der Waals surface area contributed by atoms with Crippen LogP contribution in [0.4, 0.5) is 18.3 Å². The van der Waals surface area contributed by atoms with E-state index in [0.717, 1.165) is 11.3 Å². The van der Waals surface area contributed by atoms with Crippen LogP contribution in [0.2, 0.25) is 0 Å². The van der Waals surface area contributed by atoms with Crippen molar-refractivity contribution in [3.63, 3.8) is 0 Å². The molecule has 0 unspecified atom stereocenters. The molecule has 25 heavy (non-hydrogen) atoms. The van der Waals surface area contributed by atoms with Gasteiger partial charge in [0.25, 0.3) is 5.91 Å². The minimum absolute atomic E-state index is 0.00367. The van der Waals surface area contributed by atoms with Gasteiger partial charge in [-0.15, -0.1) is 11.3 Å². The third-order valence-corrected chi connectivity index (χ3v) is 3.92. The first-order valence-corrected chi connectivity index (χ1v) is 8.28. The van der Waals surface area contributed by atoms with Gasteiger partial charge < -0.3 is 9.47 Å². The minimum atomic E-state index is -4.52. The number of carbonyl (C=O) groups excluding carboxylic acids is 1. The van der Waals surface area contributed by atoms with Gasteiger partial charge in [0.1, 0.15) is 25.5 Å². The number of ether oxygens (including phenoxy) is 2. The van der Waals surface area contributed by atoms with E-state index >= 15 is 0 Å². The number of carbonyl (C=O) groups is 1. The molecule has 0 bridgehead atoms. The van der Waals surface area contributed by atoms with Crippen LogP contribution in [0.3, 0.4) is 0 Å². The summed E-state index contributed by atoms with van der Waals surface area (Å²) in [7, 11) is 0. The van der Waals surface area contributed by atoms with Crippen molar-refractivity contribution < 1.29 is 27.4 Å². The number of aryl methyl sites for hydroxylation is 1. The van der Waals surface area contributed by atoms with Gasteiger partial charge in [-0.2, -0.15) is 13.2 Å². The van der Waals surface area contributed by atoms with Gasteiger partial charge in [0.2, 0.25) is 0 Å². The van der Waals surface area contributed by atoms with Crippen LogP contribution in [0.1, 0.15) is 5.69 Å². The Labute approximate surface area is 147 Å². The van der Waals surface area contributed by atoms with Gasteiger partial charge in [-0.05, 0) is 19.1 Å². The molecule has 0 aliphatic carbocycles. The summed E-state index contributed by atoms with van der Waals surface area (Å²) in [5, 5.41) is 1.59. The zero-order valence-electron chi connectivity index (χ0n) is 13.5. The number of rotatable bonds is 8. The fourth-order valence-electron chi connectivity index (χ4n) is 1.88. The van der Waals surface area contributed by atoms with E-state index < -0.39 is 25.2 Å². The summed E-state index contributed by atoms with van der Waals surface area (Å²) >= 11 is 0.981. The second-order valence-electron chi connectivity index (χ2n) is 5.08. The molecule has 0 fully saturated rings. The highest BCUT2D eigenvalue weighted by Crippen LogP contribution is 2.25.